The van der Waals surface area contributed by atoms with Crippen molar-refractivity contribution in [2.75, 3.05) is 7.11 Å². The lowest BCUT2D eigenvalue weighted by Gasteiger charge is -2.01. The van der Waals surface area contributed by atoms with Gasteiger partial charge in [0.05, 0.1) is 26.6 Å². The summed E-state index contributed by atoms with van der Waals surface area (Å²) in [7, 11) is 1.44. The van der Waals surface area contributed by atoms with Crippen molar-refractivity contribution < 1.29 is 38.1 Å². The molecule has 0 N–H and O–H groups in total. The molecule has 1 aromatic rings. The monoisotopic (exact) mass is 394 g/mol. The van der Waals surface area contributed by atoms with Gasteiger partial charge in [-0.2, -0.15) is 0 Å². The van der Waals surface area contributed by atoms with Crippen LogP contribution in [0.4, 0.5) is 0 Å². The van der Waals surface area contributed by atoms with Crippen molar-refractivity contribution in [1.29, 1.82) is 0 Å². The number of halogens is 1. The first-order valence-electron chi connectivity index (χ1n) is 7.36. The molecule has 0 aliphatic rings. The first kappa shape index (κ1) is 19.4. The molecular formula is C15H27IN2O2. The predicted octanol–water partition coefficient (Wildman–Crippen LogP) is -0.515. The maximum Gasteiger partial charge on any atom is 0.305 e. The fourth-order valence-electron chi connectivity index (χ4n) is 2.18. The van der Waals surface area contributed by atoms with Crippen molar-refractivity contribution >= 4 is 5.97 Å². The lowest BCUT2D eigenvalue weighted by Crippen LogP contribution is -3.00. The van der Waals surface area contributed by atoms with Gasteiger partial charge in [-0.05, 0) is 19.8 Å². The molecule has 0 unspecified atom stereocenters. The molecule has 0 saturated heterocycles. The van der Waals surface area contributed by atoms with E-state index in [2.05, 4.69) is 35.5 Å². The number of hydrogen-bond acceptors (Lipinski definition) is 2. The molecule has 0 bridgehead atoms. The predicted molar refractivity (Wildman–Crippen MR) is 74.8 cm³/mol. The average Bonchev–Trinajstić information content (AvgIpc) is 2.83. The Hall–Kier alpha value is -0.590. The van der Waals surface area contributed by atoms with Gasteiger partial charge in [0, 0.05) is 6.42 Å². The van der Waals surface area contributed by atoms with Crippen molar-refractivity contribution in [1.82, 2.24) is 4.57 Å². The van der Waals surface area contributed by atoms with Gasteiger partial charge in [-0.3, -0.25) is 4.79 Å². The number of esters is 1. The summed E-state index contributed by atoms with van der Waals surface area (Å²) in [5, 5.41) is 0. The van der Waals surface area contributed by atoms with Crippen molar-refractivity contribution in [2.24, 2.45) is 0 Å². The third-order valence-corrected chi connectivity index (χ3v) is 3.40. The number of hydrogen-bond donors (Lipinski definition) is 0. The average molecular weight is 394 g/mol. The highest BCUT2D eigenvalue weighted by Gasteiger charge is 2.14. The van der Waals surface area contributed by atoms with E-state index < -0.39 is 0 Å². The number of imidazole rings is 1. The molecule has 5 heteroatoms. The lowest BCUT2D eigenvalue weighted by molar-refractivity contribution is -0.693. The van der Waals surface area contributed by atoms with E-state index >= 15 is 0 Å². The number of aromatic nitrogens is 2. The Labute approximate surface area is 139 Å². The largest absolute Gasteiger partial charge is 1.00 e. The molecule has 0 radical (unpaired) electrons. The van der Waals surface area contributed by atoms with Crippen LogP contribution < -0.4 is 28.5 Å². The Morgan fingerprint density at radius 3 is 2.65 bits per heavy atom. The molecule has 0 aliphatic carbocycles. The van der Waals surface area contributed by atoms with Crippen LogP contribution in [-0.2, 0) is 29.0 Å². The lowest BCUT2D eigenvalue weighted by atomic mass is 10.2. The van der Waals surface area contributed by atoms with Gasteiger partial charge in [0.2, 0.25) is 6.33 Å². The SMILES string of the molecule is CCCCCCn1c[n+](CC)cc1CCC(=O)OC.[I-]. The Morgan fingerprint density at radius 2 is 2.05 bits per heavy atom. The molecule has 1 rings (SSSR count). The molecule has 4 nitrogen and oxygen atoms in total. The standard InChI is InChI=1S/C15H27N2O2.HI/c1-4-6-7-8-11-17-13-16(5-2)12-14(17)9-10-15(18)19-3;/h12-13H,4-11H2,1-3H3;1H/q+1;/p-1. The van der Waals surface area contributed by atoms with E-state index in [0.29, 0.717) is 6.42 Å². The Kier molecular flexibility index (Phi) is 10.8. The minimum atomic E-state index is -0.137. The maximum atomic E-state index is 11.2. The molecule has 0 fully saturated rings. The second kappa shape index (κ2) is 11.1. The number of methoxy groups -OCH3 is 1. The summed E-state index contributed by atoms with van der Waals surface area (Å²) in [5.74, 6) is -0.137. The second-order valence-corrected chi connectivity index (χ2v) is 4.90. The summed E-state index contributed by atoms with van der Waals surface area (Å²) < 4.78 is 9.16. The Morgan fingerprint density at radius 1 is 1.30 bits per heavy atom. The number of carbonyl (C=O) groups is 1. The van der Waals surface area contributed by atoms with Crippen LogP contribution in [0, 0.1) is 0 Å². The molecular weight excluding hydrogens is 367 g/mol. The summed E-state index contributed by atoms with van der Waals surface area (Å²) >= 11 is 0. The van der Waals surface area contributed by atoms with Crippen LogP contribution in [-0.4, -0.2) is 17.6 Å². The minimum absolute atomic E-state index is 0. The zero-order chi connectivity index (χ0) is 14.1. The van der Waals surface area contributed by atoms with Crippen LogP contribution in [0.1, 0.15) is 51.6 Å². The number of rotatable bonds is 9. The molecule has 1 heterocycles. The van der Waals surface area contributed by atoms with Crippen LogP contribution >= 0.6 is 0 Å². The van der Waals surface area contributed by atoms with Gasteiger partial charge in [0.15, 0.2) is 0 Å². The molecule has 0 atom stereocenters. The third-order valence-electron chi connectivity index (χ3n) is 3.40. The van der Waals surface area contributed by atoms with E-state index in [4.69, 9.17) is 4.74 Å². The first-order valence-corrected chi connectivity index (χ1v) is 7.36. The minimum Gasteiger partial charge on any atom is -1.00 e. The Balaban J connectivity index is 0.00000361. The molecule has 1 aromatic heterocycles. The normalized spacial score (nSPS) is 10.2. The maximum absolute atomic E-state index is 11.2. The highest BCUT2D eigenvalue weighted by Crippen LogP contribution is 2.07. The summed E-state index contributed by atoms with van der Waals surface area (Å²) in [6.07, 6.45) is 10.5. The summed E-state index contributed by atoms with van der Waals surface area (Å²) in [6.45, 7) is 6.37. The smallest absolute Gasteiger partial charge is 0.305 e. The van der Waals surface area contributed by atoms with Crippen molar-refractivity contribution in [2.45, 2.75) is 65.5 Å². The van der Waals surface area contributed by atoms with Crippen LogP contribution in [0.3, 0.4) is 0 Å². The van der Waals surface area contributed by atoms with E-state index in [1.165, 1.54) is 38.5 Å². The topological polar surface area (TPSA) is 35.1 Å². The molecule has 0 saturated carbocycles. The zero-order valence-corrected chi connectivity index (χ0v) is 15.1. The van der Waals surface area contributed by atoms with Gasteiger partial charge in [0.25, 0.3) is 0 Å². The van der Waals surface area contributed by atoms with Gasteiger partial charge >= 0.3 is 5.97 Å². The van der Waals surface area contributed by atoms with Gasteiger partial charge < -0.3 is 28.7 Å². The third kappa shape index (κ3) is 6.72. The quantitative estimate of drug-likeness (QED) is 0.245. The molecule has 0 aromatic carbocycles. The summed E-state index contributed by atoms with van der Waals surface area (Å²) in [6, 6.07) is 0. The summed E-state index contributed by atoms with van der Waals surface area (Å²) in [4.78, 5) is 11.2. The molecule has 0 amide bonds. The molecule has 20 heavy (non-hydrogen) atoms. The van der Waals surface area contributed by atoms with Crippen LogP contribution in [0.2, 0.25) is 0 Å². The van der Waals surface area contributed by atoms with Crippen molar-refractivity contribution in [3.63, 3.8) is 0 Å². The number of ether oxygens (including phenoxy) is 1. The van der Waals surface area contributed by atoms with Crippen molar-refractivity contribution in [3.8, 4) is 0 Å². The highest BCUT2D eigenvalue weighted by molar-refractivity contribution is 5.69. The number of carbonyl (C=O) groups excluding carboxylic acids is 1. The Bertz CT molecular complexity index is 391. The number of nitrogens with zero attached hydrogens (tertiary/aromatic N) is 2. The first-order chi connectivity index (χ1) is 9.21. The molecule has 116 valence electrons. The molecule has 0 aliphatic heterocycles. The van der Waals surface area contributed by atoms with Crippen LogP contribution in [0.25, 0.3) is 0 Å². The number of unbranched alkanes of at least 4 members (excludes halogenated alkanes) is 3. The number of aryl methyl sites for hydroxylation is 3. The molecule has 0 spiro atoms. The van der Waals surface area contributed by atoms with Gasteiger partial charge in [-0.15, -0.1) is 0 Å². The van der Waals surface area contributed by atoms with Crippen LogP contribution in [0.15, 0.2) is 12.5 Å². The van der Waals surface area contributed by atoms with Gasteiger partial charge in [-0.1, -0.05) is 19.8 Å². The summed E-state index contributed by atoms with van der Waals surface area (Å²) in [5.41, 5.74) is 1.23. The zero-order valence-electron chi connectivity index (χ0n) is 12.9. The van der Waals surface area contributed by atoms with E-state index in [1.807, 2.05) is 0 Å². The van der Waals surface area contributed by atoms with E-state index in [0.717, 1.165) is 19.5 Å². The van der Waals surface area contributed by atoms with E-state index in [-0.39, 0.29) is 29.9 Å². The van der Waals surface area contributed by atoms with E-state index in [1.54, 1.807) is 0 Å². The second-order valence-electron chi connectivity index (χ2n) is 4.90. The van der Waals surface area contributed by atoms with Crippen LogP contribution in [0.5, 0.6) is 0 Å². The highest BCUT2D eigenvalue weighted by atomic mass is 127. The fraction of sp³-hybridized carbons (Fsp3) is 0.733. The fourth-order valence-corrected chi connectivity index (χ4v) is 2.18. The van der Waals surface area contributed by atoms with E-state index in [9.17, 15) is 4.79 Å². The van der Waals surface area contributed by atoms with Gasteiger partial charge in [-0.25, -0.2) is 9.13 Å². The van der Waals surface area contributed by atoms with Gasteiger partial charge in [0.1, 0.15) is 11.9 Å². The van der Waals surface area contributed by atoms with Crippen molar-refractivity contribution in [3.05, 3.63) is 18.2 Å².